The summed E-state index contributed by atoms with van der Waals surface area (Å²) in [5.74, 6) is 1.41. The first kappa shape index (κ1) is 23.3. The molecule has 6 nitrogen and oxygen atoms in total. The molecule has 0 aromatic heterocycles. The Balaban J connectivity index is 1.27. The van der Waals surface area contributed by atoms with Crippen molar-refractivity contribution in [3.63, 3.8) is 0 Å². The second-order valence-electron chi connectivity index (χ2n) is 8.59. The summed E-state index contributed by atoms with van der Waals surface area (Å²) >= 11 is 0. The van der Waals surface area contributed by atoms with Crippen molar-refractivity contribution in [3.8, 4) is 39.5 Å². The van der Waals surface area contributed by atoms with Crippen LogP contribution in [0.5, 0.6) is 17.2 Å². The zero-order chi connectivity index (χ0) is 25.1. The van der Waals surface area contributed by atoms with Crippen LogP contribution in [0.3, 0.4) is 0 Å². The van der Waals surface area contributed by atoms with Crippen LogP contribution in [0.4, 0.5) is 4.79 Å². The monoisotopic (exact) mass is 481 g/mol. The molecule has 2 N–H and O–H groups in total. The van der Waals surface area contributed by atoms with Gasteiger partial charge in [-0.1, -0.05) is 54.6 Å². The van der Waals surface area contributed by atoms with Crippen LogP contribution in [0, 0.1) is 0 Å². The number of carbonyl (C=O) groups is 1. The Hall–Kier alpha value is -4.45. The number of nitrogens with one attached hydrogen (secondary N) is 1. The van der Waals surface area contributed by atoms with Crippen molar-refractivity contribution >= 4 is 6.09 Å². The van der Waals surface area contributed by atoms with E-state index in [9.17, 15) is 9.90 Å². The van der Waals surface area contributed by atoms with Crippen LogP contribution in [0.2, 0.25) is 0 Å². The van der Waals surface area contributed by atoms with Gasteiger partial charge >= 0.3 is 6.09 Å². The van der Waals surface area contributed by atoms with E-state index >= 15 is 0 Å². The van der Waals surface area contributed by atoms with E-state index in [0.29, 0.717) is 17.1 Å². The molecule has 36 heavy (non-hydrogen) atoms. The highest BCUT2D eigenvalue weighted by Gasteiger charge is 2.29. The molecule has 5 rings (SSSR count). The molecule has 1 amide bonds. The highest BCUT2D eigenvalue weighted by atomic mass is 16.5. The number of fused-ring (bicyclic) bond motifs is 3. The van der Waals surface area contributed by atoms with Gasteiger partial charge in [-0.15, -0.1) is 0 Å². The van der Waals surface area contributed by atoms with Gasteiger partial charge in [0.05, 0.1) is 14.2 Å². The van der Waals surface area contributed by atoms with Gasteiger partial charge in [0, 0.05) is 29.7 Å². The molecule has 6 heteroatoms. The summed E-state index contributed by atoms with van der Waals surface area (Å²) < 4.78 is 16.4. The topological polar surface area (TPSA) is 77.0 Å². The summed E-state index contributed by atoms with van der Waals surface area (Å²) in [6, 6.07) is 27.2. The van der Waals surface area contributed by atoms with Crippen molar-refractivity contribution in [2.24, 2.45) is 0 Å². The van der Waals surface area contributed by atoms with Crippen LogP contribution in [0.25, 0.3) is 22.3 Å². The average Bonchev–Trinajstić information content (AvgIpc) is 3.24. The number of aromatic hydroxyl groups is 1. The molecule has 4 aromatic carbocycles. The lowest BCUT2D eigenvalue weighted by Gasteiger charge is -2.15. The van der Waals surface area contributed by atoms with Gasteiger partial charge in [0.25, 0.3) is 0 Å². The summed E-state index contributed by atoms with van der Waals surface area (Å²) in [5, 5.41) is 13.1. The number of phenolic OH excluding ortho intramolecular Hbond substituents is 1. The number of hydrogen-bond acceptors (Lipinski definition) is 5. The fourth-order valence-corrected chi connectivity index (χ4v) is 4.75. The van der Waals surface area contributed by atoms with Gasteiger partial charge in [0.1, 0.15) is 23.9 Å². The molecule has 1 aliphatic carbocycles. The van der Waals surface area contributed by atoms with Gasteiger partial charge in [-0.05, 0) is 52.1 Å². The maximum atomic E-state index is 12.6. The first-order valence-corrected chi connectivity index (χ1v) is 11.7. The third-order valence-electron chi connectivity index (χ3n) is 6.57. The maximum absolute atomic E-state index is 12.6. The molecule has 182 valence electrons. The van der Waals surface area contributed by atoms with E-state index in [1.54, 1.807) is 32.4 Å². The first-order chi connectivity index (χ1) is 17.6. The Labute approximate surface area is 210 Å². The molecule has 0 fully saturated rings. The highest BCUT2D eigenvalue weighted by Crippen LogP contribution is 2.44. The minimum absolute atomic E-state index is 0.0117. The summed E-state index contributed by atoms with van der Waals surface area (Å²) in [7, 11) is 3.19. The predicted octanol–water partition coefficient (Wildman–Crippen LogP) is 6.12. The van der Waals surface area contributed by atoms with Crippen molar-refractivity contribution in [1.82, 2.24) is 5.32 Å². The van der Waals surface area contributed by atoms with E-state index < -0.39 is 6.09 Å². The number of benzene rings is 4. The minimum Gasteiger partial charge on any atom is -0.508 e. The predicted molar refractivity (Wildman–Crippen MR) is 139 cm³/mol. The molecule has 0 saturated heterocycles. The number of amides is 1. The van der Waals surface area contributed by atoms with Crippen molar-refractivity contribution in [3.05, 3.63) is 102 Å². The van der Waals surface area contributed by atoms with E-state index in [-0.39, 0.29) is 24.8 Å². The Kier molecular flexibility index (Phi) is 6.50. The van der Waals surface area contributed by atoms with Crippen molar-refractivity contribution in [1.29, 1.82) is 0 Å². The lowest BCUT2D eigenvalue weighted by molar-refractivity contribution is 0.142. The number of methoxy groups -OCH3 is 2. The first-order valence-electron chi connectivity index (χ1n) is 11.7. The molecule has 0 radical (unpaired) electrons. The molecular weight excluding hydrogens is 454 g/mol. The third kappa shape index (κ3) is 4.45. The van der Waals surface area contributed by atoms with Crippen LogP contribution in [-0.4, -0.2) is 32.0 Å². The fraction of sp³-hybridized carbons (Fsp3) is 0.167. The summed E-state index contributed by atoms with van der Waals surface area (Å²) in [4.78, 5) is 12.6. The van der Waals surface area contributed by atoms with Crippen LogP contribution < -0.4 is 14.8 Å². The van der Waals surface area contributed by atoms with Crippen LogP contribution >= 0.6 is 0 Å². The smallest absolute Gasteiger partial charge is 0.407 e. The number of carbonyl (C=O) groups excluding carboxylic acids is 1. The molecule has 0 bridgehead atoms. The molecule has 0 aliphatic heterocycles. The van der Waals surface area contributed by atoms with Crippen LogP contribution in [-0.2, 0) is 11.3 Å². The quantitative estimate of drug-likeness (QED) is 0.333. The Morgan fingerprint density at radius 1 is 0.833 bits per heavy atom. The number of ether oxygens (including phenoxy) is 3. The standard InChI is InChI=1S/C30H27NO5/c1-34-21-12-13-22(29(16-21)35-2)19-11-14-28(32)20(15-19)17-31-30(33)36-18-27-25-9-5-3-7-23(25)24-8-4-6-10-26(24)27/h3-16,27,32H,17-18H2,1-2H3,(H,31,33). The molecule has 1 aliphatic rings. The fourth-order valence-electron chi connectivity index (χ4n) is 4.75. The third-order valence-corrected chi connectivity index (χ3v) is 6.57. The van der Waals surface area contributed by atoms with Gasteiger partial charge in [-0.2, -0.15) is 0 Å². The minimum atomic E-state index is -0.538. The van der Waals surface area contributed by atoms with Crippen molar-refractivity contribution < 1.29 is 24.1 Å². The van der Waals surface area contributed by atoms with Gasteiger partial charge in [0.15, 0.2) is 0 Å². The van der Waals surface area contributed by atoms with Gasteiger partial charge in [-0.3, -0.25) is 0 Å². The SMILES string of the molecule is COc1ccc(-c2ccc(O)c(CNC(=O)OCC3c4ccccc4-c4ccccc43)c2)c(OC)c1. The van der Waals surface area contributed by atoms with Crippen molar-refractivity contribution in [2.75, 3.05) is 20.8 Å². The Morgan fingerprint density at radius 2 is 1.53 bits per heavy atom. The van der Waals surface area contributed by atoms with Crippen LogP contribution in [0.1, 0.15) is 22.6 Å². The summed E-state index contributed by atoms with van der Waals surface area (Å²) in [6.07, 6.45) is -0.538. The molecular formula is C30H27NO5. The van der Waals surface area contributed by atoms with E-state index in [0.717, 1.165) is 22.3 Å². The Morgan fingerprint density at radius 3 is 2.19 bits per heavy atom. The van der Waals surface area contributed by atoms with E-state index in [2.05, 4.69) is 29.6 Å². The average molecular weight is 482 g/mol. The van der Waals surface area contributed by atoms with Crippen molar-refractivity contribution in [2.45, 2.75) is 12.5 Å². The second kappa shape index (κ2) is 10.0. The molecule has 0 unspecified atom stereocenters. The highest BCUT2D eigenvalue weighted by molar-refractivity contribution is 5.79. The summed E-state index contributed by atoms with van der Waals surface area (Å²) in [5.41, 5.74) is 6.93. The second-order valence-corrected chi connectivity index (χ2v) is 8.59. The zero-order valence-corrected chi connectivity index (χ0v) is 20.2. The molecule has 0 atom stereocenters. The largest absolute Gasteiger partial charge is 0.508 e. The lowest BCUT2D eigenvalue weighted by Crippen LogP contribution is -2.25. The lowest BCUT2D eigenvalue weighted by atomic mass is 9.98. The molecule has 0 heterocycles. The number of alkyl carbamates (subject to hydrolysis) is 1. The molecule has 4 aromatic rings. The number of phenols is 1. The van der Waals surface area contributed by atoms with Gasteiger partial charge < -0.3 is 24.6 Å². The number of hydrogen-bond donors (Lipinski definition) is 2. The normalized spacial score (nSPS) is 11.9. The van der Waals surface area contributed by atoms with Gasteiger partial charge in [0.2, 0.25) is 0 Å². The van der Waals surface area contributed by atoms with E-state index in [1.165, 1.54) is 11.1 Å². The maximum Gasteiger partial charge on any atom is 0.407 e. The van der Waals surface area contributed by atoms with E-state index in [1.807, 2.05) is 42.5 Å². The molecule has 0 spiro atoms. The van der Waals surface area contributed by atoms with Crippen LogP contribution in [0.15, 0.2) is 84.9 Å². The number of rotatable bonds is 7. The Bertz CT molecular complexity index is 1370. The molecule has 0 saturated carbocycles. The zero-order valence-electron chi connectivity index (χ0n) is 20.2. The van der Waals surface area contributed by atoms with E-state index in [4.69, 9.17) is 14.2 Å². The van der Waals surface area contributed by atoms with Gasteiger partial charge in [-0.25, -0.2) is 4.79 Å². The summed E-state index contributed by atoms with van der Waals surface area (Å²) in [6.45, 7) is 0.351.